The van der Waals surface area contributed by atoms with Crippen LogP contribution < -0.4 is 11.1 Å². The summed E-state index contributed by atoms with van der Waals surface area (Å²) in [6, 6.07) is 7.83. The second kappa shape index (κ2) is 4.84. The second-order valence-electron chi connectivity index (χ2n) is 3.16. The summed E-state index contributed by atoms with van der Waals surface area (Å²) in [7, 11) is 0. The van der Waals surface area contributed by atoms with Crippen LogP contribution >= 0.6 is 0 Å². The van der Waals surface area contributed by atoms with Crippen molar-refractivity contribution in [2.24, 2.45) is 0 Å². The third-order valence-corrected chi connectivity index (χ3v) is 1.97. The zero-order valence-electron chi connectivity index (χ0n) is 7.83. The van der Waals surface area contributed by atoms with Crippen molar-refractivity contribution in [1.82, 2.24) is 5.32 Å². The third-order valence-electron chi connectivity index (χ3n) is 1.97. The van der Waals surface area contributed by atoms with Gasteiger partial charge in [-0.05, 0) is 18.6 Å². The molecule has 0 spiro atoms. The number of aliphatic hydroxyl groups excluding tert-OH is 1. The number of rotatable bonds is 4. The van der Waals surface area contributed by atoms with Gasteiger partial charge >= 0.3 is 0 Å². The van der Waals surface area contributed by atoms with Crippen molar-refractivity contribution in [3.05, 3.63) is 29.8 Å². The standard InChI is InChI=1S/C10H16N2O/c1-8(7-13)12-6-9-4-2-3-5-10(9)11/h2-5,8,12-13H,6-7,11H2,1H3/t8-/m1/s1. The summed E-state index contributed by atoms with van der Waals surface area (Å²) in [4.78, 5) is 0. The number of nitrogen functional groups attached to an aromatic ring is 1. The molecular formula is C10H16N2O. The molecule has 0 amide bonds. The molecule has 0 unspecified atom stereocenters. The van der Waals surface area contributed by atoms with E-state index in [0.717, 1.165) is 11.3 Å². The van der Waals surface area contributed by atoms with Gasteiger partial charge in [0.1, 0.15) is 0 Å². The largest absolute Gasteiger partial charge is 0.398 e. The smallest absolute Gasteiger partial charge is 0.0582 e. The summed E-state index contributed by atoms with van der Waals surface area (Å²) >= 11 is 0. The number of hydrogen-bond donors (Lipinski definition) is 3. The van der Waals surface area contributed by atoms with E-state index >= 15 is 0 Å². The average molecular weight is 180 g/mol. The summed E-state index contributed by atoms with van der Waals surface area (Å²) in [6.07, 6.45) is 0. The lowest BCUT2D eigenvalue weighted by atomic mass is 10.2. The molecule has 3 heteroatoms. The Morgan fingerprint density at radius 2 is 2.15 bits per heavy atom. The van der Waals surface area contributed by atoms with E-state index in [1.807, 2.05) is 31.2 Å². The van der Waals surface area contributed by atoms with Crippen molar-refractivity contribution in [3.8, 4) is 0 Å². The zero-order valence-corrected chi connectivity index (χ0v) is 7.83. The van der Waals surface area contributed by atoms with Crippen molar-refractivity contribution < 1.29 is 5.11 Å². The van der Waals surface area contributed by atoms with Crippen LogP contribution in [0.25, 0.3) is 0 Å². The van der Waals surface area contributed by atoms with E-state index in [-0.39, 0.29) is 12.6 Å². The fourth-order valence-corrected chi connectivity index (χ4v) is 1.04. The molecule has 0 aliphatic rings. The Bertz CT molecular complexity index is 263. The number of para-hydroxylation sites is 1. The molecule has 0 saturated carbocycles. The highest BCUT2D eigenvalue weighted by atomic mass is 16.3. The van der Waals surface area contributed by atoms with Crippen LogP contribution in [0.15, 0.2) is 24.3 Å². The van der Waals surface area contributed by atoms with Gasteiger partial charge < -0.3 is 16.2 Å². The number of aliphatic hydroxyl groups is 1. The van der Waals surface area contributed by atoms with E-state index in [2.05, 4.69) is 5.32 Å². The maximum absolute atomic E-state index is 8.79. The lowest BCUT2D eigenvalue weighted by Crippen LogP contribution is -2.28. The predicted octanol–water partition coefficient (Wildman–Crippen LogP) is 0.739. The molecule has 4 N–H and O–H groups in total. The fourth-order valence-electron chi connectivity index (χ4n) is 1.04. The highest BCUT2D eigenvalue weighted by Gasteiger charge is 2.00. The number of nitrogens with two attached hydrogens (primary N) is 1. The van der Waals surface area contributed by atoms with Gasteiger partial charge in [0.2, 0.25) is 0 Å². The van der Waals surface area contributed by atoms with Gasteiger partial charge in [0.15, 0.2) is 0 Å². The zero-order chi connectivity index (χ0) is 9.68. The van der Waals surface area contributed by atoms with Crippen LogP contribution in [-0.2, 0) is 6.54 Å². The molecule has 3 nitrogen and oxygen atoms in total. The van der Waals surface area contributed by atoms with Gasteiger partial charge in [-0.25, -0.2) is 0 Å². The topological polar surface area (TPSA) is 58.3 Å². The maximum atomic E-state index is 8.79. The molecule has 0 bridgehead atoms. The SMILES string of the molecule is C[C@H](CO)NCc1ccccc1N. The molecule has 0 heterocycles. The van der Waals surface area contributed by atoms with Crippen molar-refractivity contribution in [2.45, 2.75) is 19.5 Å². The number of benzene rings is 1. The lowest BCUT2D eigenvalue weighted by Gasteiger charge is -2.11. The molecule has 1 aromatic carbocycles. The molecule has 0 aliphatic heterocycles. The van der Waals surface area contributed by atoms with E-state index < -0.39 is 0 Å². The first-order chi connectivity index (χ1) is 6.24. The average Bonchev–Trinajstić information content (AvgIpc) is 2.16. The van der Waals surface area contributed by atoms with E-state index in [9.17, 15) is 0 Å². The Labute approximate surface area is 78.6 Å². The Hall–Kier alpha value is -1.06. The van der Waals surface area contributed by atoms with Gasteiger partial charge in [0, 0.05) is 18.3 Å². The molecule has 13 heavy (non-hydrogen) atoms. The van der Waals surface area contributed by atoms with Crippen LogP contribution in [0.5, 0.6) is 0 Å². The molecule has 72 valence electrons. The quantitative estimate of drug-likeness (QED) is 0.599. The predicted molar refractivity (Wildman–Crippen MR) is 54.2 cm³/mol. The van der Waals surface area contributed by atoms with Gasteiger partial charge in [-0.1, -0.05) is 18.2 Å². The molecule has 1 atom stereocenters. The van der Waals surface area contributed by atoms with Gasteiger partial charge in [0.25, 0.3) is 0 Å². The van der Waals surface area contributed by atoms with E-state index in [1.54, 1.807) is 0 Å². The van der Waals surface area contributed by atoms with Crippen LogP contribution in [-0.4, -0.2) is 17.8 Å². The minimum Gasteiger partial charge on any atom is -0.398 e. The van der Waals surface area contributed by atoms with Crippen LogP contribution in [0, 0.1) is 0 Å². The molecular weight excluding hydrogens is 164 g/mol. The van der Waals surface area contributed by atoms with Crippen LogP contribution in [0.1, 0.15) is 12.5 Å². The molecule has 1 rings (SSSR count). The summed E-state index contributed by atoms with van der Waals surface area (Å²) < 4.78 is 0. The minimum atomic E-state index is 0.111. The normalized spacial score (nSPS) is 12.8. The van der Waals surface area contributed by atoms with E-state index in [0.29, 0.717) is 6.54 Å². The maximum Gasteiger partial charge on any atom is 0.0582 e. The summed E-state index contributed by atoms with van der Waals surface area (Å²) in [5.41, 5.74) is 7.61. The van der Waals surface area contributed by atoms with Crippen LogP contribution in [0.2, 0.25) is 0 Å². The van der Waals surface area contributed by atoms with Crippen molar-refractivity contribution in [3.63, 3.8) is 0 Å². The first-order valence-corrected chi connectivity index (χ1v) is 4.41. The Morgan fingerprint density at radius 3 is 2.77 bits per heavy atom. The molecule has 0 aliphatic carbocycles. The first-order valence-electron chi connectivity index (χ1n) is 4.41. The van der Waals surface area contributed by atoms with Gasteiger partial charge in [-0.15, -0.1) is 0 Å². The monoisotopic (exact) mass is 180 g/mol. The summed E-state index contributed by atoms with van der Waals surface area (Å²) in [5, 5.41) is 11.9. The Balaban J connectivity index is 2.50. The van der Waals surface area contributed by atoms with Crippen molar-refractivity contribution >= 4 is 5.69 Å². The molecule has 0 radical (unpaired) electrons. The van der Waals surface area contributed by atoms with Crippen molar-refractivity contribution in [2.75, 3.05) is 12.3 Å². The Kier molecular flexibility index (Phi) is 3.73. The number of hydrogen-bond acceptors (Lipinski definition) is 3. The van der Waals surface area contributed by atoms with E-state index in [1.165, 1.54) is 0 Å². The third kappa shape index (κ3) is 3.05. The van der Waals surface area contributed by atoms with Gasteiger partial charge in [-0.3, -0.25) is 0 Å². The minimum absolute atomic E-state index is 0.111. The van der Waals surface area contributed by atoms with Gasteiger partial charge in [-0.2, -0.15) is 0 Å². The number of anilines is 1. The number of nitrogens with one attached hydrogen (secondary N) is 1. The first kappa shape index (κ1) is 10.0. The van der Waals surface area contributed by atoms with Gasteiger partial charge in [0.05, 0.1) is 6.61 Å². The molecule has 1 aromatic rings. The highest BCUT2D eigenvalue weighted by molar-refractivity contribution is 5.46. The fraction of sp³-hybridized carbons (Fsp3) is 0.400. The second-order valence-corrected chi connectivity index (χ2v) is 3.16. The lowest BCUT2D eigenvalue weighted by molar-refractivity contribution is 0.251. The Morgan fingerprint density at radius 1 is 1.46 bits per heavy atom. The van der Waals surface area contributed by atoms with Crippen molar-refractivity contribution in [1.29, 1.82) is 0 Å². The van der Waals surface area contributed by atoms with Crippen LogP contribution in [0.4, 0.5) is 5.69 Å². The molecule has 0 saturated heterocycles. The molecule has 0 aromatic heterocycles. The van der Waals surface area contributed by atoms with E-state index in [4.69, 9.17) is 10.8 Å². The summed E-state index contributed by atoms with van der Waals surface area (Å²) in [6.45, 7) is 2.78. The molecule has 0 fully saturated rings. The summed E-state index contributed by atoms with van der Waals surface area (Å²) in [5.74, 6) is 0. The van der Waals surface area contributed by atoms with Crippen LogP contribution in [0.3, 0.4) is 0 Å². The highest BCUT2D eigenvalue weighted by Crippen LogP contribution is 2.09.